The zero-order chi connectivity index (χ0) is 12.5. The molecule has 2 fully saturated rings. The summed E-state index contributed by atoms with van der Waals surface area (Å²) in [6, 6.07) is 0.699. The van der Waals surface area contributed by atoms with Gasteiger partial charge >= 0.3 is 0 Å². The third-order valence-electron chi connectivity index (χ3n) is 4.32. The quantitative estimate of drug-likeness (QED) is 0.810. The van der Waals surface area contributed by atoms with Gasteiger partial charge in [0.2, 0.25) is 5.13 Å². The number of hydrogen-bond acceptors (Lipinski definition) is 4. The Labute approximate surface area is 114 Å². The molecule has 1 aliphatic heterocycles. The summed E-state index contributed by atoms with van der Waals surface area (Å²) in [6.07, 6.45) is 7.86. The molecule has 0 radical (unpaired) electrons. The van der Waals surface area contributed by atoms with Crippen LogP contribution in [0.15, 0.2) is 0 Å². The van der Waals surface area contributed by atoms with Crippen molar-refractivity contribution in [2.24, 2.45) is 5.92 Å². The van der Waals surface area contributed by atoms with Crippen LogP contribution in [0.25, 0.3) is 0 Å². The SMILES string of the molecule is CCCC(C)C1CCCN1c1nc(C2CC2)ns1. The number of rotatable bonds is 5. The Hall–Kier alpha value is -0.640. The molecule has 1 saturated carbocycles. The van der Waals surface area contributed by atoms with Crippen molar-refractivity contribution in [3.05, 3.63) is 5.82 Å². The Balaban J connectivity index is 1.72. The number of hydrogen-bond donors (Lipinski definition) is 0. The minimum Gasteiger partial charge on any atom is -0.344 e. The molecule has 2 unspecified atom stereocenters. The maximum atomic E-state index is 4.78. The van der Waals surface area contributed by atoms with Gasteiger partial charge in [0, 0.05) is 30.0 Å². The lowest BCUT2D eigenvalue weighted by Gasteiger charge is -2.28. The van der Waals surface area contributed by atoms with Crippen molar-refractivity contribution >= 4 is 16.7 Å². The lowest BCUT2D eigenvalue weighted by atomic mass is 9.95. The Bertz CT molecular complexity index is 399. The molecule has 0 spiro atoms. The van der Waals surface area contributed by atoms with Crippen molar-refractivity contribution in [3.63, 3.8) is 0 Å². The number of anilines is 1. The molecule has 100 valence electrons. The standard InChI is InChI=1S/C14H23N3S/c1-3-5-10(2)12-6-4-9-17(12)14-15-13(16-18-14)11-7-8-11/h10-12H,3-9H2,1-2H3. The predicted molar refractivity (Wildman–Crippen MR) is 76.3 cm³/mol. The molecule has 18 heavy (non-hydrogen) atoms. The Kier molecular flexibility index (Phi) is 3.55. The zero-order valence-corrected chi connectivity index (χ0v) is 12.2. The van der Waals surface area contributed by atoms with Crippen molar-refractivity contribution in [2.75, 3.05) is 11.4 Å². The molecule has 1 aliphatic carbocycles. The third kappa shape index (κ3) is 2.40. The van der Waals surface area contributed by atoms with E-state index in [0.717, 1.165) is 11.7 Å². The van der Waals surface area contributed by atoms with Gasteiger partial charge < -0.3 is 4.90 Å². The first-order chi connectivity index (χ1) is 8.79. The second kappa shape index (κ2) is 5.16. The highest BCUT2D eigenvalue weighted by Crippen LogP contribution is 2.41. The van der Waals surface area contributed by atoms with Gasteiger partial charge in [0.1, 0.15) is 5.82 Å². The monoisotopic (exact) mass is 265 g/mol. The molecule has 2 heterocycles. The van der Waals surface area contributed by atoms with E-state index >= 15 is 0 Å². The van der Waals surface area contributed by atoms with Crippen molar-refractivity contribution in [2.45, 2.75) is 64.3 Å². The predicted octanol–water partition coefficient (Wildman–Crippen LogP) is 3.82. The largest absolute Gasteiger partial charge is 0.344 e. The lowest BCUT2D eigenvalue weighted by molar-refractivity contribution is 0.421. The molecule has 3 rings (SSSR count). The molecule has 1 saturated heterocycles. The third-order valence-corrected chi connectivity index (χ3v) is 5.09. The van der Waals surface area contributed by atoms with Crippen molar-refractivity contribution in [1.29, 1.82) is 0 Å². The fourth-order valence-corrected chi connectivity index (χ4v) is 3.95. The number of aromatic nitrogens is 2. The van der Waals surface area contributed by atoms with Gasteiger partial charge in [0.05, 0.1) is 0 Å². The van der Waals surface area contributed by atoms with E-state index in [9.17, 15) is 0 Å². The van der Waals surface area contributed by atoms with E-state index in [1.807, 2.05) is 0 Å². The molecule has 0 bridgehead atoms. The highest BCUT2D eigenvalue weighted by molar-refractivity contribution is 7.09. The van der Waals surface area contributed by atoms with E-state index in [4.69, 9.17) is 4.98 Å². The zero-order valence-electron chi connectivity index (χ0n) is 11.4. The van der Waals surface area contributed by atoms with Crippen LogP contribution in [0.1, 0.15) is 64.1 Å². The first-order valence-electron chi connectivity index (χ1n) is 7.40. The van der Waals surface area contributed by atoms with Crippen LogP contribution in [-0.2, 0) is 0 Å². The van der Waals surface area contributed by atoms with Gasteiger partial charge in [0.15, 0.2) is 0 Å². The van der Waals surface area contributed by atoms with Crippen LogP contribution < -0.4 is 4.90 Å². The Morgan fingerprint density at radius 3 is 2.94 bits per heavy atom. The second-order valence-corrected chi connectivity index (χ2v) is 6.61. The van der Waals surface area contributed by atoms with Crippen LogP contribution in [0, 0.1) is 5.92 Å². The summed E-state index contributed by atoms with van der Waals surface area (Å²) in [5.74, 6) is 2.58. The molecule has 2 atom stereocenters. The molecule has 3 nitrogen and oxygen atoms in total. The fourth-order valence-electron chi connectivity index (χ4n) is 3.12. The van der Waals surface area contributed by atoms with Crippen LogP contribution >= 0.6 is 11.5 Å². The normalized spacial score (nSPS) is 25.7. The highest BCUT2D eigenvalue weighted by Gasteiger charge is 2.33. The topological polar surface area (TPSA) is 29.0 Å². The summed E-state index contributed by atoms with van der Waals surface area (Å²) in [7, 11) is 0. The van der Waals surface area contributed by atoms with Crippen molar-refractivity contribution in [3.8, 4) is 0 Å². The first-order valence-corrected chi connectivity index (χ1v) is 8.17. The van der Waals surface area contributed by atoms with Gasteiger partial charge in [0.25, 0.3) is 0 Å². The van der Waals surface area contributed by atoms with Crippen molar-refractivity contribution < 1.29 is 0 Å². The minimum absolute atomic E-state index is 0.684. The molecule has 1 aromatic heterocycles. The van der Waals surface area contributed by atoms with Crippen LogP contribution in [0.2, 0.25) is 0 Å². The Morgan fingerprint density at radius 2 is 2.22 bits per heavy atom. The van der Waals surface area contributed by atoms with E-state index in [2.05, 4.69) is 23.1 Å². The summed E-state index contributed by atoms with van der Waals surface area (Å²) < 4.78 is 4.55. The summed E-state index contributed by atoms with van der Waals surface area (Å²) in [6.45, 7) is 5.86. The molecule has 2 aliphatic rings. The average Bonchev–Trinajstić information content (AvgIpc) is 2.93. The van der Waals surface area contributed by atoms with Gasteiger partial charge in [-0.1, -0.05) is 20.3 Å². The van der Waals surface area contributed by atoms with Crippen LogP contribution in [0.4, 0.5) is 5.13 Å². The molecular formula is C14H23N3S. The van der Waals surface area contributed by atoms with Crippen molar-refractivity contribution in [1.82, 2.24) is 9.36 Å². The maximum Gasteiger partial charge on any atom is 0.205 e. The van der Waals surface area contributed by atoms with Crippen LogP contribution in [0.5, 0.6) is 0 Å². The summed E-state index contributed by atoms with van der Waals surface area (Å²) in [5.41, 5.74) is 0. The molecule has 0 N–H and O–H groups in total. The average molecular weight is 265 g/mol. The first kappa shape index (κ1) is 12.4. The summed E-state index contributed by atoms with van der Waals surface area (Å²) >= 11 is 1.62. The lowest BCUT2D eigenvalue weighted by Crippen LogP contribution is -2.34. The second-order valence-electron chi connectivity index (χ2n) is 5.88. The fraction of sp³-hybridized carbons (Fsp3) is 0.857. The van der Waals surface area contributed by atoms with E-state index in [1.165, 1.54) is 50.2 Å². The van der Waals surface area contributed by atoms with Gasteiger partial charge in [-0.15, -0.1) is 0 Å². The van der Waals surface area contributed by atoms with E-state index in [0.29, 0.717) is 12.0 Å². The van der Waals surface area contributed by atoms with Gasteiger partial charge in [-0.05, 0) is 38.0 Å². The summed E-state index contributed by atoms with van der Waals surface area (Å²) in [5, 5.41) is 1.18. The van der Waals surface area contributed by atoms with E-state index < -0.39 is 0 Å². The molecule has 0 aromatic carbocycles. The van der Waals surface area contributed by atoms with Crippen LogP contribution in [-0.4, -0.2) is 21.9 Å². The van der Waals surface area contributed by atoms with E-state index in [-0.39, 0.29) is 0 Å². The van der Waals surface area contributed by atoms with E-state index in [1.54, 1.807) is 11.5 Å². The molecule has 1 aromatic rings. The molecular weight excluding hydrogens is 242 g/mol. The van der Waals surface area contributed by atoms with Crippen LogP contribution in [0.3, 0.4) is 0 Å². The number of nitrogens with zero attached hydrogens (tertiary/aromatic N) is 3. The summed E-state index contributed by atoms with van der Waals surface area (Å²) in [4.78, 5) is 7.31. The smallest absolute Gasteiger partial charge is 0.205 e. The molecule has 0 amide bonds. The highest BCUT2D eigenvalue weighted by atomic mass is 32.1. The minimum atomic E-state index is 0.684. The Morgan fingerprint density at radius 1 is 1.39 bits per heavy atom. The maximum absolute atomic E-state index is 4.78. The van der Waals surface area contributed by atoms with Gasteiger partial charge in [-0.3, -0.25) is 0 Å². The van der Waals surface area contributed by atoms with Gasteiger partial charge in [-0.25, -0.2) is 4.98 Å². The van der Waals surface area contributed by atoms with Gasteiger partial charge in [-0.2, -0.15) is 4.37 Å². The molecule has 4 heteroatoms.